The fraction of sp³-hybridized carbons (Fsp3) is 0. The van der Waals surface area contributed by atoms with Crippen molar-refractivity contribution in [3.05, 3.63) is 0 Å². The van der Waals surface area contributed by atoms with E-state index in [2.05, 4.69) is 27.9 Å². The van der Waals surface area contributed by atoms with Gasteiger partial charge in [0, 0.05) is 0 Å². The first kappa shape index (κ1) is 59.7. The molecule has 0 rings (SSSR count). The Bertz CT molecular complexity index is 2510. The van der Waals surface area contributed by atoms with Crippen molar-refractivity contribution in [2.75, 3.05) is 0 Å². The first-order chi connectivity index (χ1) is 22.5. The first-order valence-corrected chi connectivity index (χ1v) is 49.8. The molecule has 0 spiro atoms. The average molecular weight is 1890 g/mol. The van der Waals surface area contributed by atoms with Gasteiger partial charge in [-0.1, -0.05) is 0 Å². The van der Waals surface area contributed by atoms with E-state index in [1.54, 1.807) is 0 Å². The second-order valence-electron chi connectivity index (χ2n) is 6.24. The minimum atomic E-state index is -8.79. The molecule has 0 aromatic rings. The molecule has 0 radical (unpaired) electrons. The maximum absolute atomic E-state index is 12.8. The summed E-state index contributed by atoms with van der Waals surface area (Å²) in [5.74, 6) is 0. The van der Waals surface area contributed by atoms with Crippen LogP contribution in [0.2, 0.25) is 0 Å². The van der Waals surface area contributed by atoms with E-state index in [1.165, 1.54) is 0 Å². The van der Waals surface area contributed by atoms with Crippen LogP contribution in [0.15, 0.2) is 0 Å². The van der Waals surface area contributed by atoms with Crippen molar-refractivity contribution in [3.63, 3.8) is 0 Å². The quantitative estimate of drug-likeness (QED) is 0.0604. The van der Waals surface area contributed by atoms with E-state index in [-0.39, 0.29) is 17.1 Å². The molecule has 0 unspecified atom stereocenters. The van der Waals surface area contributed by atoms with Crippen molar-refractivity contribution < 1.29 is 343 Å². The number of phosphoric acid groups is 1. The predicted molar refractivity (Wildman–Crippen MR) is 43.8 cm³/mol. The van der Waals surface area contributed by atoms with Crippen LogP contribution in [0.1, 0.15) is 0 Å². The van der Waals surface area contributed by atoms with Gasteiger partial charge in [0.1, 0.15) is 0 Å². The molecular weight excluding hydrogens is 1890 g/mol. The molecule has 40 nitrogen and oxygen atoms in total. The van der Waals surface area contributed by atoms with Crippen LogP contribution in [0.5, 0.6) is 0 Å². The number of hydrogen-bond donors (Lipinski definition) is 3. The van der Waals surface area contributed by atoms with Gasteiger partial charge in [-0.25, -0.2) is 0 Å². The molecule has 0 bridgehead atoms. The van der Waals surface area contributed by atoms with Crippen LogP contribution in [-0.4, -0.2) is 11.3 Å². The molecule has 3 N–H and O–H groups in total. The van der Waals surface area contributed by atoms with E-state index in [9.17, 15) is 86.1 Å². The molecule has 0 aliphatic heterocycles. The van der Waals surface area contributed by atoms with Gasteiger partial charge in [-0.2, -0.15) is 0 Å². The van der Waals surface area contributed by atoms with E-state index in [1.807, 2.05) is 0 Å². The Morgan fingerprint density at radius 1 is 0.259 bits per heavy atom. The number of rotatable bonds is 24. The van der Waals surface area contributed by atoms with Crippen molar-refractivity contribution in [2.45, 2.75) is 0 Å². The van der Waals surface area contributed by atoms with E-state index < -0.39 is 209 Å². The van der Waals surface area contributed by atoms with E-state index in [0.717, 1.165) is 0 Å². The Balaban J connectivity index is 0. The summed E-state index contributed by atoms with van der Waals surface area (Å²) in [7, 11) is -7.91. The molecule has 0 atom stereocenters. The van der Waals surface area contributed by atoms with Crippen molar-refractivity contribution in [2.24, 2.45) is 0 Å². The van der Waals surface area contributed by atoms with Crippen LogP contribution >= 0.6 is 7.82 Å². The molecule has 0 aliphatic rings. The van der Waals surface area contributed by atoms with Crippen LogP contribution < -0.4 is 0 Å². The average Bonchev–Trinajstić information content (AvgIpc) is 2.58. The van der Waals surface area contributed by atoms with Crippen molar-refractivity contribution in [1.29, 1.82) is 0 Å². The molecule has 54 heteroatoms. The van der Waals surface area contributed by atoms with Gasteiger partial charge in [-0.3, -0.25) is 0 Å². The fourth-order valence-electron chi connectivity index (χ4n) is 1.41. The minimum Gasteiger partial charge on any atom is 1.00 e. The summed E-state index contributed by atoms with van der Waals surface area (Å²) >= 11 is -97.4. The largest absolute Gasteiger partial charge is 1.00 e. The maximum Gasteiger partial charge on any atom is 1.00 e. The normalized spacial score (nSPS) is 15.3. The molecule has 0 aliphatic carbocycles. The van der Waals surface area contributed by atoms with Gasteiger partial charge >= 0.3 is 351 Å². The van der Waals surface area contributed by atoms with Gasteiger partial charge in [0.2, 0.25) is 0 Å². The molecule has 330 valence electrons. The number of hydrogen-bond acceptors (Lipinski definition) is 37. The van der Waals surface area contributed by atoms with Crippen LogP contribution in [0.3, 0.4) is 0 Å². The fourth-order valence-corrected chi connectivity index (χ4v) is 60.4. The zero-order valence-electron chi connectivity index (χ0n) is 22.1. The maximum atomic E-state index is 12.8. The molecule has 0 aromatic heterocycles. The minimum absolute atomic E-state index is 0. The van der Waals surface area contributed by atoms with Gasteiger partial charge in [0.15, 0.2) is 0 Å². The first-order valence-electron chi connectivity index (χ1n) is 8.78. The third kappa shape index (κ3) is 29.0. The predicted octanol–water partition coefficient (Wildman–Crippen LogP) is -4.63. The van der Waals surface area contributed by atoms with Crippen molar-refractivity contribution in [3.8, 4) is 0 Å². The Kier molecular flexibility index (Phi) is 22.1. The van der Waals surface area contributed by atoms with Crippen LogP contribution in [0, 0.1) is 0 Å². The Morgan fingerprint density at radius 2 is 0.389 bits per heavy atom. The Morgan fingerprint density at radius 3 is 0.537 bits per heavy atom. The summed E-state index contributed by atoms with van der Waals surface area (Å²) in [6.45, 7) is 0. The smallest absolute Gasteiger partial charge is 1.00 e. The Hall–Kier alpha value is 3.61. The summed E-state index contributed by atoms with van der Waals surface area (Å²) in [4.78, 5) is 0. The summed E-state index contributed by atoms with van der Waals surface area (Å²) < 4.78 is 347. The van der Waals surface area contributed by atoms with Crippen molar-refractivity contribution >= 4 is 7.82 Å². The van der Waals surface area contributed by atoms with E-state index in [0.29, 0.717) is 0 Å². The molecule has 0 saturated heterocycles. The van der Waals surface area contributed by atoms with Gasteiger partial charge < -0.3 is 0 Å². The summed E-state index contributed by atoms with van der Waals surface area (Å²) in [5.41, 5.74) is 0. The topological polar surface area (TPSA) is 598 Å². The third-order valence-electron chi connectivity index (χ3n) is 2.06. The summed E-state index contributed by atoms with van der Waals surface area (Å²) in [6.07, 6.45) is 0. The monoisotopic (exact) mass is 1910 g/mol. The second-order valence-corrected chi connectivity index (χ2v) is 56.1. The molecule has 0 heterocycles. The van der Waals surface area contributed by atoms with Crippen LogP contribution in [0.4, 0.5) is 0 Å². The van der Waals surface area contributed by atoms with Crippen LogP contribution in [0.25, 0.3) is 0 Å². The van der Waals surface area contributed by atoms with Crippen LogP contribution in [-0.2, 0) is 332 Å². The van der Waals surface area contributed by atoms with Gasteiger partial charge in [0.25, 0.3) is 0 Å². The standard InChI is InChI=1S/Cu.12Mo.H3O4P.3H2O.33O/c;;;;;;;;;;;;;1-5(2,3)4;;;;;;;;;;;;;;;;;;;;;;;;;;;;;;;;;;;;/h;;;;;;;;;;;;;(H3,1,2,3,4);3*1H2;;;;;;;;;;;;;;;;;;;;;;;;;;;;;;;;;/q+1;;;;;;;6*+1;;;;;;;;;;;;;;;;;;;;;;;;;;;;;;;;;;;;;/p-6. The third-order valence-corrected chi connectivity index (χ3v) is 62.5. The van der Waals surface area contributed by atoms with E-state index in [4.69, 9.17) is 11.3 Å². The molecule has 54 heavy (non-hydrogen) atoms. The molecule has 0 amide bonds. The van der Waals surface area contributed by atoms with Gasteiger partial charge in [-0.15, -0.1) is 0 Å². The van der Waals surface area contributed by atoms with E-state index >= 15 is 0 Å². The van der Waals surface area contributed by atoms with Gasteiger partial charge in [-0.05, 0) is 0 Å². The molecule has 0 fully saturated rings. The molecule has 0 saturated carbocycles. The molecule has 0 aromatic carbocycles. The zero-order valence-corrected chi connectivity index (χ0v) is 48.0. The SMILES string of the molecule is O=P([O][Mo](=[O])(=[O])[O][Mo](=[O])(=[O])[O][Mo](=[O])(=[O])[O][Mo](=[O])(=[O])[OH])([O][Mo](=[O])(=[O])[O][Mo](=[O])(=[O])[O][Mo](=[O])(=[O])[O][Mo](=[O])(=[O])[OH])[O][Mo](=[O])(=[O])[O][Mo](=[O])(=[O])[O][Mo](=[O])(=[O])[O][Mo](=[O])(=[O])[OH].[Cu+]. The summed E-state index contributed by atoms with van der Waals surface area (Å²) in [5, 5.41) is 0. The van der Waals surface area contributed by atoms with Gasteiger partial charge in [0.05, 0.1) is 0 Å². The zero-order chi connectivity index (χ0) is 43.0. The Labute approximate surface area is 344 Å². The second kappa shape index (κ2) is 20.0. The molecular formula is H3CuMo12O40P+. The summed E-state index contributed by atoms with van der Waals surface area (Å²) in [6, 6.07) is 0. The van der Waals surface area contributed by atoms with Crippen molar-refractivity contribution in [1.82, 2.24) is 0 Å².